The number of nitrogens with one attached hydrogen (secondary N) is 1. The summed E-state index contributed by atoms with van der Waals surface area (Å²) >= 11 is 0. The fraction of sp³-hybridized carbons (Fsp3) is 0.294. The quantitative estimate of drug-likeness (QED) is 0.861. The van der Waals surface area contributed by atoms with Gasteiger partial charge in [-0.05, 0) is 43.5 Å². The Morgan fingerprint density at radius 3 is 2.47 bits per heavy atom. The van der Waals surface area contributed by atoms with Crippen molar-refractivity contribution < 1.29 is 4.39 Å². The normalized spacial score (nSPS) is 12.4. The van der Waals surface area contributed by atoms with Crippen LogP contribution in [-0.4, -0.2) is 0 Å². The Balaban J connectivity index is 2.03. The maximum Gasteiger partial charge on any atom is 0.127 e. The van der Waals surface area contributed by atoms with Crippen LogP contribution in [0.25, 0.3) is 0 Å². The van der Waals surface area contributed by atoms with Crippen molar-refractivity contribution in [2.45, 2.75) is 33.4 Å². The van der Waals surface area contributed by atoms with Gasteiger partial charge in [-0.3, -0.25) is 0 Å². The zero-order chi connectivity index (χ0) is 13.8. The predicted octanol–water partition coefficient (Wildman–Crippen LogP) is 4.29. The van der Waals surface area contributed by atoms with Crippen LogP contribution in [0.4, 0.5) is 4.39 Å². The van der Waals surface area contributed by atoms with E-state index in [0.717, 1.165) is 0 Å². The third-order valence-electron chi connectivity index (χ3n) is 3.59. The van der Waals surface area contributed by atoms with Crippen molar-refractivity contribution in [2.24, 2.45) is 0 Å². The minimum absolute atomic E-state index is 0.151. The second-order valence-corrected chi connectivity index (χ2v) is 5.04. The van der Waals surface area contributed by atoms with Crippen LogP contribution < -0.4 is 5.32 Å². The molecule has 0 aliphatic carbocycles. The van der Waals surface area contributed by atoms with Gasteiger partial charge >= 0.3 is 0 Å². The molecular weight excluding hydrogens is 237 g/mol. The molecule has 2 aromatic carbocycles. The van der Waals surface area contributed by atoms with Gasteiger partial charge in [0.15, 0.2) is 0 Å². The van der Waals surface area contributed by atoms with Gasteiger partial charge in [-0.1, -0.05) is 36.4 Å². The molecule has 1 unspecified atom stereocenters. The number of halogens is 1. The summed E-state index contributed by atoms with van der Waals surface area (Å²) in [5.74, 6) is -0.151. The van der Waals surface area contributed by atoms with E-state index in [4.69, 9.17) is 0 Å². The lowest BCUT2D eigenvalue weighted by Crippen LogP contribution is -2.18. The van der Waals surface area contributed by atoms with E-state index in [9.17, 15) is 4.39 Å². The summed E-state index contributed by atoms with van der Waals surface area (Å²) in [7, 11) is 0. The molecule has 1 atom stereocenters. The molecule has 0 bridgehead atoms. The molecule has 0 radical (unpaired) electrons. The summed E-state index contributed by atoms with van der Waals surface area (Å²) in [5.41, 5.74) is 4.53. The first-order chi connectivity index (χ1) is 9.08. The molecular formula is C17H20FN. The summed E-state index contributed by atoms with van der Waals surface area (Å²) in [6.45, 7) is 6.87. The van der Waals surface area contributed by atoms with Crippen LogP contribution >= 0.6 is 0 Å². The number of aryl methyl sites for hydroxylation is 2. The van der Waals surface area contributed by atoms with E-state index in [0.29, 0.717) is 12.1 Å². The number of benzene rings is 2. The van der Waals surface area contributed by atoms with Crippen molar-refractivity contribution in [3.05, 3.63) is 70.5 Å². The van der Waals surface area contributed by atoms with E-state index in [1.54, 1.807) is 6.07 Å². The van der Waals surface area contributed by atoms with Crippen molar-refractivity contribution in [1.82, 2.24) is 5.32 Å². The highest BCUT2D eigenvalue weighted by Crippen LogP contribution is 2.17. The highest BCUT2D eigenvalue weighted by molar-refractivity contribution is 5.31. The molecule has 2 rings (SSSR count). The van der Waals surface area contributed by atoms with Gasteiger partial charge in [0.1, 0.15) is 5.82 Å². The van der Waals surface area contributed by atoms with Crippen LogP contribution in [0.3, 0.4) is 0 Å². The maximum atomic E-state index is 13.5. The van der Waals surface area contributed by atoms with Crippen molar-refractivity contribution in [3.63, 3.8) is 0 Å². The van der Waals surface area contributed by atoms with E-state index in [2.05, 4.69) is 44.3 Å². The second kappa shape index (κ2) is 5.98. The van der Waals surface area contributed by atoms with E-state index >= 15 is 0 Å². The average molecular weight is 257 g/mol. The molecule has 19 heavy (non-hydrogen) atoms. The molecule has 0 aliphatic rings. The monoisotopic (exact) mass is 257 g/mol. The molecule has 2 heteroatoms. The van der Waals surface area contributed by atoms with Crippen LogP contribution in [0.1, 0.15) is 35.2 Å². The van der Waals surface area contributed by atoms with Crippen LogP contribution in [0.2, 0.25) is 0 Å². The minimum Gasteiger partial charge on any atom is -0.306 e. The smallest absolute Gasteiger partial charge is 0.127 e. The molecule has 1 nitrogen and oxygen atoms in total. The van der Waals surface area contributed by atoms with E-state index < -0.39 is 0 Å². The third-order valence-corrected chi connectivity index (χ3v) is 3.59. The van der Waals surface area contributed by atoms with E-state index in [1.807, 2.05) is 12.1 Å². The lowest BCUT2D eigenvalue weighted by molar-refractivity contribution is 0.544. The highest BCUT2D eigenvalue weighted by Gasteiger charge is 2.07. The molecule has 0 spiro atoms. The van der Waals surface area contributed by atoms with Crippen LogP contribution in [0.5, 0.6) is 0 Å². The average Bonchev–Trinajstić information content (AvgIpc) is 2.40. The first-order valence-electron chi connectivity index (χ1n) is 6.62. The highest BCUT2D eigenvalue weighted by atomic mass is 19.1. The van der Waals surface area contributed by atoms with Crippen molar-refractivity contribution in [2.75, 3.05) is 0 Å². The zero-order valence-corrected chi connectivity index (χ0v) is 11.7. The summed E-state index contributed by atoms with van der Waals surface area (Å²) in [4.78, 5) is 0. The zero-order valence-electron chi connectivity index (χ0n) is 11.7. The lowest BCUT2D eigenvalue weighted by Gasteiger charge is -2.16. The lowest BCUT2D eigenvalue weighted by atomic mass is 10.0. The second-order valence-electron chi connectivity index (χ2n) is 5.04. The molecule has 0 aliphatic heterocycles. The molecule has 0 saturated heterocycles. The van der Waals surface area contributed by atoms with E-state index in [-0.39, 0.29) is 11.9 Å². The third kappa shape index (κ3) is 3.42. The van der Waals surface area contributed by atoms with Gasteiger partial charge < -0.3 is 5.32 Å². The Morgan fingerprint density at radius 1 is 1.05 bits per heavy atom. The SMILES string of the molecule is Cc1ccc(C(C)NCc2ccccc2F)cc1C. The Morgan fingerprint density at radius 2 is 1.79 bits per heavy atom. The van der Waals surface area contributed by atoms with Gasteiger partial charge in [-0.2, -0.15) is 0 Å². The van der Waals surface area contributed by atoms with Gasteiger partial charge in [0, 0.05) is 18.2 Å². The first kappa shape index (κ1) is 13.8. The molecule has 0 saturated carbocycles. The fourth-order valence-electron chi connectivity index (χ4n) is 2.06. The van der Waals surface area contributed by atoms with Gasteiger partial charge in [0.25, 0.3) is 0 Å². The number of rotatable bonds is 4. The van der Waals surface area contributed by atoms with Crippen LogP contribution in [-0.2, 0) is 6.54 Å². The maximum absolute atomic E-state index is 13.5. The molecule has 1 N–H and O–H groups in total. The Bertz CT molecular complexity index is 563. The largest absolute Gasteiger partial charge is 0.306 e. The molecule has 0 heterocycles. The summed E-state index contributed by atoms with van der Waals surface area (Å²) in [5, 5.41) is 3.36. The van der Waals surface area contributed by atoms with Gasteiger partial charge in [0.2, 0.25) is 0 Å². The van der Waals surface area contributed by atoms with E-state index in [1.165, 1.54) is 22.8 Å². The molecule has 2 aromatic rings. The molecule has 100 valence electrons. The number of hydrogen-bond acceptors (Lipinski definition) is 1. The standard InChI is InChI=1S/C17H20FN/c1-12-8-9-15(10-13(12)2)14(3)19-11-16-6-4-5-7-17(16)18/h4-10,14,19H,11H2,1-3H3. The van der Waals surface area contributed by atoms with Gasteiger partial charge in [-0.25, -0.2) is 4.39 Å². The van der Waals surface area contributed by atoms with Crippen LogP contribution in [0, 0.1) is 19.7 Å². The summed E-state index contributed by atoms with van der Waals surface area (Å²) < 4.78 is 13.5. The fourth-order valence-corrected chi connectivity index (χ4v) is 2.06. The van der Waals surface area contributed by atoms with Crippen molar-refractivity contribution >= 4 is 0 Å². The Hall–Kier alpha value is -1.67. The Kier molecular flexibility index (Phi) is 4.33. The Labute approximate surface area is 114 Å². The van der Waals surface area contributed by atoms with Gasteiger partial charge in [-0.15, -0.1) is 0 Å². The molecule has 0 aromatic heterocycles. The summed E-state index contributed by atoms with van der Waals surface area (Å²) in [6.07, 6.45) is 0. The van der Waals surface area contributed by atoms with Crippen molar-refractivity contribution in [3.8, 4) is 0 Å². The number of hydrogen-bond donors (Lipinski definition) is 1. The molecule has 0 amide bonds. The topological polar surface area (TPSA) is 12.0 Å². The van der Waals surface area contributed by atoms with Crippen molar-refractivity contribution in [1.29, 1.82) is 0 Å². The first-order valence-corrected chi connectivity index (χ1v) is 6.62. The predicted molar refractivity (Wildman–Crippen MR) is 77.6 cm³/mol. The molecule has 0 fully saturated rings. The van der Waals surface area contributed by atoms with Crippen LogP contribution in [0.15, 0.2) is 42.5 Å². The van der Waals surface area contributed by atoms with Gasteiger partial charge in [0.05, 0.1) is 0 Å². The summed E-state index contributed by atoms with van der Waals surface area (Å²) in [6, 6.07) is 13.5. The minimum atomic E-state index is -0.151.